The predicted molar refractivity (Wildman–Crippen MR) is 57.1 cm³/mol. The number of nitrogens with zero attached hydrogens (tertiary/aromatic N) is 3. The van der Waals surface area contributed by atoms with Gasteiger partial charge in [-0.3, -0.25) is 10.1 Å². The van der Waals surface area contributed by atoms with E-state index in [9.17, 15) is 10.1 Å². The monoisotopic (exact) mass is 230 g/mol. The molecule has 1 N–H and O–H groups in total. The lowest BCUT2D eigenvalue weighted by atomic mass is 10.2. The molecule has 7 heteroatoms. The van der Waals surface area contributed by atoms with Gasteiger partial charge < -0.3 is 5.32 Å². The van der Waals surface area contributed by atoms with E-state index in [0.717, 1.165) is 12.6 Å². The Hall–Kier alpha value is -1.43. The summed E-state index contributed by atoms with van der Waals surface area (Å²) in [7, 11) is 0. The first-order valence-corrected chi connectivity index (χ1v) is 4.85. The van der Waals surface area contributed by atoms with Crippen molar-refractivity contribution in [1.29, 1.82) is 0 Å². The molecule has 0 aliphatic heterocycles. The topological polar surface area (TPSA) is 81.0 Å². The third-order valence-electron chi connectivity index (χ3n) is 1.93. The second-order valence-corrected chi connectivity index (χ2v) is 3.42. The van der Waals surface area contributed by atoms with Crippen LogP contribution in [0.2, 0.25) is 5.28 Å². The van der Waals surface area contributed by atoms with Crippen LogP contribution < -0.4 is 5.32 Å². The van der Waals surface area contributed by atoms with Gasteiger partial charge in [-0.15, -0.1) is 0 Å². The highest BCUT2D eigenvalue weighted by atomic mass is 35.5. The smallest absolute Gasteiger partial charge is 0.329 e. The van der Waals surface area contributed by atoms with Gasteiger partial charge in [0.1, 0.15) is 6.20 Å². The molecule has 0 saturated heterocycles. The van der Waals surface area contributed by atoms with Gasteiger partial charge in [0, 0.05) is 6.04 Å². The first-order valence-electron chi connectivity index (χ1n) is 4.48. The van der Waals surface area contributed by atoms with Crippen molar-refractivity contribution in [3.63, 3.8) is 0 Å². The van der Waals surface area contributed by atoms with E-state index < -0.39 is 4.92 Å². The highest BCUT2D eigenvalue weighted by molar-refractivity contribution is 6.28. The molecule has 0 aromatic carbocycles. The van der Waals surface area contributed by atoms with Crippen LogP contribution in [0.1, 0.15) is 20.3 Å². The van der Waals surface area contributed by atoms with Gasteiger partial charge in [-0.2, -0.15) is 4.98 Å². The van der Waals surface area contributed by atoms with Crippen molar-refractivity contribution in [3.8, 4) is 0 Å². The minimum Gasteiger partial charge on any atom is -0.362 e. The minimum absolute atomic E-state index is 0.00796. The summed E-state index contributed by atoms with van der Waals surface area (Å²) in [6.07, 6.45) is 1.93. The number of aromatic nitrogens is 2. The number of nitrogens with one attached hydrogen (secondary N) is 1. The van der Waals surface area contributed by atoms with Crippen molar-refractivity contribution in [2.75, 3.05) is 5.32 Å². The van der Waals surface area contributed by atoms with Crippen LogP contribution in [0.15, 0.2) is 6.20 Å². The second kappa shape index (κ2) is 4.88. The van der Waals surface area contributed by atoms with Gasteiger partial charge in [-0.1, -0.05) is 6.92 Å². The van der Waals surface area contributed by atoms with E-state index in [2.05, 4.69) is 15.3 Å². The number of anilines is 1. The van der Waals surface area contributed by atoms with Crippen molar-refractivity contribution < 1.29 is 4.92 Å². The average Bonchev–Trinajstić information content (AvgIpc) is 2.17. The van der Waals surface area contributed by atoms with Crippen molar-refractivity contribution in [2.24, 2.45) is 0 Å². The Morgan fingerprint density at radius 2 is 2.40 bits per heavy atom. The molecule has 0 radical (unpaired) electrons. The van der Waals surface area contributed by atoms with E-state index in [0.29, 0.717) is 0 Å². The first-order chi connectivity index (χ1) is 7.04. The third-order valence-corrected chi connectivity index (χ3v) is 2.11. The maximum atomic E-state index is 10.6. The zero-order chi connectivity index (χ0) is 11.4. The molecule has 0 unspecified atom stereocenters. The fourth-order valence-corrected chi connectivity index (χ4v) is 1.06. The van der Waals surface area contributed by atoms with Gasteiger partial charge in [-0.05, 0) is 24.9 Å². The van der Waals surface area contributed by atoms with Crippen LogP contribution in [0.4, 0.5) is 11.5 Å². The van der Waals surface area contributed by atoms with Crippen LogP contribution in [0.3, 0.4) is 0 Å². The highest BCUT2D eigenvalue weighted by Gasteiger charge is 2.17. The Kier molecular flexibility index (Phi) is 3.79. The number of nitro groups is 1. The molecule has 0 amide bonds. The lowest BCUT2D eigenvalue weighted by Gasteiger charge is -2.11. The standard InChI is InChI=1S/C8H11ClN4O2/c1-3-5(2)11-7-6(13(14)15)4-10-8(9)12-7/h4-5H,3H2,1-2H3,(H,10,11,12)/t5-/m0/s1. The van der Waals surface area contributed by atoms with Crippen molar-refractivity contribution in [1.82, 2.24) is 9.97 Å². The number of halogens is 1. The van der Waals surface area contributed by atoms with Crippen molar-refractivity contribution >= 4 is 23.1 Å². The maximum absolute atomic E-state index is 10.6. The minimum atomic E-state index is -0.541. The van der Waals surface area contributed by atoms with E-state index >= 15 is 0 Å². The van der Waals surface area contributed by atoms with Crippen LogP contribution in [-0.4, -0.2) is 20.9 Å². The Morgan fingerprint density at radius 3 is 2.93 bits per heavy atom. The summed E-state index contributed by atoms with van der Waals surface area (Å²) in [5.74, 6) is 0.161. The van der Waals surface area contributed by atoms with Gasteiger partial charge in [0.05, 0.1) is 4.92 Å². The molecule has 1 heterocycles. The molecule has 1 aromatic heterocycles. The largest absolute Gasteiger partial charge is 0.362 e. The molecular weight excluding hydrogens is 220 g/mol. The molecule has 0 fully saturated rings. The molecule has 1 aromatic rings. The Bertz CT molecular complexity index is 372. The zero-order valence-corrected chi connectivity index (χ0v) is 9.15. The van der Waals surface area contributed by atoms with E-state index in [1.54, 1.807) is 0 Å². The summed E-state index contributed by atoms with van der Waals surface area (Å²) in [5, 5.41) is 13.5. The molecule has 6 nitrogen and oxygen atoms in total. The quantitative estimate of drug-likeness (QED) is 0.487. The van der Waals surface area contributed by atoms with Crippen LogP contribution in [-0.2, 0) is 0 Å². The molecule has 1 atom stereocenters. The van der Waals surface area contributed by atoms with Crippen LogP contribution in [0.5, 0.6) is 0 Å². The van der Waals surface area contributed by atoms with E-state index in [1.807, 2.05) is 13.8 Å². The molecule has 82 valence electrons. The third kappa shape index (κ3) is 3.02. The maximum Gasteiger partial charge on any atom is 0.329 e. The second-order valence-electron chi connectivity index (χ2n) is 3.08. The molecule has 0 aliphatic carbocycles. The lowest BCUT2D eigenvalue weighted by molar-refractivity contribution is -0.384. The fraction of sp³-hybridized carbons (Fsp3) is 0.500. The van der Waals surface area contributed by atoms with E-state index in [4.69, 9.17) is 11.6 Å². The number of hydrogen-bond donors (Lipinski definition) is 1. The van der Waals surface area contributed by atoms with Gasteiger partial charge in [0.15, 0.2) is 0 Å². The van der Waals surface area contributed by atoms with Gasteiger partial charge in [0.2, 0.25) is 11.1 Å². The molecule has 1 rings (SSSR count). The summed E-state index contributed by atoms with van der Waals surface area (Å²) in [4.78, 5) is 17.5. The predicted octanol–water partition coefficient (Wildman–Crippen LogP) is 2.25. The average molecular weight is 231 g/mol. The Balaban J connectivity index is 3.02. The van der Waals surface area contributed by atoms with Gasteiger partial charge in [-0.25, -0.2) is 4.98 Å². The lowest BCUT2D eigenvalue weighted by Crippen LogP contribution is -2.16. The summed E-state index contributed by atoms with van der Waals surface area (Å²) < 4.78 is 0. The first kappa shape index (κ1) is 11.6. The Labute approximate surface area is 91.8 Å². The van der Waals surface area contributed by atoms with Crippen molar-refractivity contribution in [2.45, 2.75) is 26.3 Å². The fourth-order valence-electron chi connectivity index (χ4n) is 0.929. The molecule has 0 bridgehead atoms. The number of hydrogen-bond acceptors (Lipinski definition) is 5. The van der Waals surface area contributed by atoms with Crippen LogP contribution in [0.25, 0.3) is 0 Å². The molecule has 15 heavy (non-hydrogen) atoms. The Morgan fingerprint density at radius 1 is 1.73 bits per heavy atom. The highest BCUT2D eigenvalue weighted by Crippen LogP contribution is 2.22. The molecular formula is C8H11ClN4O2. The van der Waals surface area contributed by atoms with Gasteiger partial charge >= 0.3 is 5.69 Å². The van der Waals surface area contributed by atoms with Gasteiger partial charge in [0.25, 0.3) is 0 Å². The summed E-state index contributed by atoms with van der Waals surface area (Å²) in [6, 6.07) is 0.0923. The summed E-state index contributed by atoms with van der Waals surface area (Å²) >= 11 is 5.56. The van der Waals surface area contributed by atoms with E-state index in [1.165, 1.54) is 0 Å². The summed E-state index contributed by atoms with van der Waals surface area (Å²) in [6.45, 7) is 3.87. The van der Waals surface area contributed by atoms with Crippen LogP contribution in [0, 0.1) is 10.1 Å². The molecule has 0 spiro atoms. The molecule has 0 saturated carbocycles. The summed E-state index contributed by atoms with van der Waals surface area (Å²) in [5.41, 5.74) is -0.167. The van der Waals surface area contributed by atoms with Crippen LogP contribution >= 0.6 is 11.6 Å². The normalized spacial score (nSPS) is 12.2. The van der Waals surface area contributed by atoms with Crippen molar-refractivity contribution in [3.05, 3.63) is 21.6 Å². The zero-order valence-electron chi connectivity index (χ0n) is 8.40. The number of rotatable bonds is 4. The molecule has 0 aliphatic rings. The SMILES string of the molecule is CC[C@H](C)Nc1nc(Cl)ncc1[N+](=O)[O-]. The van der Waals surface area contributed by atoms with E-state index in [-0.39, 0.29) is 22.8 Å².